The van der Waals surface area contributed by atoms with Crippen LogP contribution >= 0.6 is 0 Å². The lowest BCUT2D eigenvalue weighted by Gasteiger charge is -2.45. The van der Waals surface area contributed by atoms with E-state index in [-0.39, 0.29) is 38.8 Å². The third-order valence-corrected chi connectivity index (χ3v) is 9.23. The molecular weight excluding hydrogens is 747 g/mol. The molecule has 0 aliphatic carbocycles. The summed E-state index contributed by atoms with van der Waals surface area (Å²) in [7, 11) is 0. The number of benzene rings is 1. The number of nitrogens with zero attached hydrogens (tertiary/aromatic N) is 2. The van der Waals surface area contributed by atoms with E-state index in [1.807, 2.05) is 18.2 Å². The normalized spacial score (nSPS) is 18.7. The number of carbonyl (C=O) groups excluding carboxylic acids is 2. The van der Waals surface area contributed by atoms with Crippen LogP contribution < -0.4 is 0 Å². The molecule has 0 radical (unpaired) electrons. The predicted molar refractivity (Wildman–Crippen MR) is 140 cm³/mol. The summed E-state index contributed by atoms with van der Waals surface area (Å²) in [6.07, 6.45) is -8.91. The Morgan fingerprint density at radius 3 is 1.55 bits per heavy atom. The molecular formula is C29H29F17N2O3. The molecule has 2 aliphatic heterocycles. The van der Waals surface area contributed by atoms with Crippen molar-refractivity contribution >= 4 is 12.0 Å². The summed E-state index contributed by atoms with van der Waals surface area (Å²) in [5.41, 5.74) is -1.16. The van der Waals surface area contributed by atoms with Crippen LogP contribution in [0, 0.1) is 11.8 Å². The lowest BCUT2D eigenvalue weighted by Crippen LogP contribution is -2.75. The van der Waals surface area contributed by atoms with E-state index < -0.39 is 71.2 Å². The maximum atomic E-state index is 15.0. The molecule has 5 nitrogen and oxygen atoms in total. The molecule has 0 spiro atoms. The lowest BCUT2D eigenvalue weighted by atomic mass is 9.79. The van der Waals surface area contributed by atoms with E-state index in [0.29, 0.717) is 33.4 Å². The molecule has 3 rings (SSSR count). The largest absolute Gasteiger partial charge is 0.460 e. The first kappa shape index (κ1) is 42.2. The van der Waals surface area contributed by atoms with Gasteiger partial charge in [-0.05, 0) is 44.2 Å². The van der Waals surface area contributed by atoms with E-state index in [1.54, 1.807) is 11.0 Å². The second kappa shape index (κ2) is 13.0. The Morgan fingerprint density at radius 1 is 0.647 bits per heavy atom. The molecule has 22 heteroatoms. The molecule has 2 amide bonds. The Morgan fingerprint density at radius 2 is 1.08 bits per heavy atom. The first-order valence-corrected chi connectivity index (χ1v) is 14.8. The van der Waals surface area contributed by atoms with E-state index in [0.717, 1.165) is 16.0 Å². The average molecular weight is 777 g/mol. The molecule has 1 unspecified atom stereocenters. The second-order valence-corrected chi connectivity index (χ2v) is 12.8. The fourth-order valence-corrected chi connectivity index (χ4v) is 5.51. The number of piperidine rings is 1. The third-order valence-electron chi connectivity index (χ3n) is 9.23. The molecule has 0 saturated carbocycles. The van der Waals surface area contributed by atoms with Gasteiger partial charge in [0.2, 0.25) is 5.91 Å². The van der Waals surface area contributed by atoms with Crippen molar-refractivity contribution < 1.29 is 89.0 Å². The number of hydrogen-bond acceptors (Lipinski definition) is 3. The minimum atomic E-state index is -8.74. The van der Waals surface area contributed by atoms with Gasteiger partial charge < -0.3 is 14.5 Å². The monoisotopic (exact) mass is 776 g/mol. The van der Waals surface area contributed by atoms with Crippen molar-refractivity contribution in [2.24, 2.45) is 11.8 Å². The maximum absolute atomic E-state index is 15.0. The molecule has 0 bridgehead atoms. The van der Waals surface area contributed by atoms with Crippen LogP contribution in [0.3, 0.4) is 0 Å². The number of alkyl halides is 17. The quantitative estimate of drug-likeness (QED) is 0.223. The van der Waals surface area contributed by atoms with Crippen molar-refractivity contribution in [2.75, 3.05) is 19.6 Å². The number of ether oxygens (including phenoxy) is 1. The van der Waals surface area contributed by atoms with Crippen LogP contribution in [0.4, 0.5) is 79.4 Å². The van der Waals surface area contributed by atoms with Crippen LogP contribution in [0.25, 0.3) is 0 Å². The highest BCUT2D eigenvalue weighted by molar-refractivity contribution is 5.79. The fourth-order valence-electron chi connectivity index (χ4n) is 5.51. The van der Waals surface area contributed by atoms with E-state index in [1.165, 1.54) is 0 Å². The van der Waals surface area contributed by atoms with Crippen LogP contribution in [-0.4, -0.2) is 94.7 Å². The second-order valence-electron chi connectivity index (χ2n) is 12.8. The minimum Gasteiger partial charge on any atom is -0.443 e. The predicted octanol–water partition coefficient (Wildman–Crippen LogP) is 8.84. The van der Waals surface area contributed by atoms with Crippen molar-refractivity contribution in [3.05, 3.63) is 35.4 Å². The summed E-state index contributed by atoms with van der Waals surface area (Å²) in [4.78, 5) is 28.2. The van der Waals surface area contributed by atoms with Crippen molar-refractivity contribution in [3.63, 3.8) is 0 Å². The van der Waals surface area contributed by atoms with Crippen molar-refractivity contribution in [3.8, 4) is 0 Å². The van der Waals surface area contributed by atoms with Crippen molar-refractivity contribution in [1.82, 2.24) is 9.80 Å². The van der Waals surface area contributed by atoms with E-state index in [4.69, 9.17) is 4.74 Å². The fraction of sp³-hybridized carbons (Fsp3) is 0.724. The molecule has 1 aromatic carbocycles. The van der Waals surface area contributed by atoms with Gasteiger partial charge in [-0.15, -0.1) is 0 Å². The van der Waals surface area contributed by atoms with Gasteiger partial charge in [0, 0.05) is 32.1 Å². The van der Waals surface area contributed by atoms with Gasteiger partial charge in [-0.1, -0.05) is 31.2 Å². The van der Waals surface area contributed by atoms with Crippen LogP contribution in [0.15, 0.2) is 24.3 Å². The van der Waals surface area contributed by atoms with Crippen LogP contribution in [0.2, 0.25) is 0 Å². The third kappa shape index (κ3) is 6.65. The Kier molecular flexibility index (Phi) is 10.8. The maximum Gasteiger partial charge on any atom is 0.460 e. The molecule has 0 aromatic heterocycles. The van der Waals surface area contributed by atoms with Crippen LogP contribution in [0.1, 0.15) is 44.7 Å². The molecule has 2 heterocycles. The Bertz CT molecular complexity index is 1450. The van der Waals surface area contributed by atoms with Gasteiger partial charge in [-0.3, -0.25) is 4.79 Å². The summed E-state index contributed by atoms with van der Waals surface area (Å²) in [5.74, 6) is -61.9. The summed E-state index contributed by atoms with van der Waals surface area (Å²) in [6, 6.07) is 7.34. The number of carbonyl (C=O) groups is 2. The summed E-state index contributed by atoms with van der Waals surface area (Å²) >= 11 is 0. The van der Waals surface area contributed by atoms with Crippen molar-refractivity contribution in [2.45, 2.75) is 99.8 Å². The molecule has 1 fully saturated rings. The van der Waals surface area contributed by atoms with Crippen LogP contribution in [-0.2, 0) is 22.5 Å². The van der Waals surface area contributed by atoms with Gasteiger partial charge in [-0.2, -0.15) is 74.6 Å². The number of rotatable bonds is 10. The zero-order valence-corrected chi connectivity index (χ0v) is 26.5. The zero-order valence-electron chi connectivity index (χ0n) is 26.5. The summed E-state index contributed by atoms with van der Waals surface area (Å²) in [5, 5.41) is 0. The Hall–Kier alpha value is -3.23. The average Bonchev–Trinajstić information content (AvgIpc) is 3.02. The minimum absolute atomic E-state index is 0.0240. The highest BCUT2D eigenvalue weighted by Gasteiger charge is 2.95. The SMILES string of the molecule is CC(C(C)(C)OC(=O)N1CCC(C(=O)N2CCc3ccccc3C2)CC1)C(F)(F)C(F)(F)C(F)(F)C(F)(F)C(F)(F)C(F)(F)C(F)(F)C(F)(F)F. The van der Waals surface area contributed by atoms with E-state index >= 15 is 0 Å². The number of fused-ring (bicyclic) bond motifs is 1. The number of likely N-dealkylation sites (tertiary alicyclic amines) is 1. The molecule has 292 valence electrons. The van der Waals surface area contributed by atoms with E-state index in [2.05, 4.69) is 0 Å². The lowest BCUT2D eigenvalue weighted by molar-refractivity contribution is -0.464. The van der Waals surface area contributed by atoms with Gasteiger partial charge >= 0.3 is 53.7 Å². The first-order chi connectivity index (χ1) is 22.7. The Balaban J connectivity index is 1.75. The van der Waals surface area contributed by atoms with Gasteiger partial charge in [0.05, 0.1) is 5.92 Å². The molecule has 1 saturated heterocycles. The van der Waals surface area contributed by atoms with Crippen LogP contribution in [0.5, 0.6) is 0 Å². The molecule has 1 aromatic rings. The van der Waals surface area contributed by atoms with Gasteiger partial charge in [0.1, 0.15) is 5.60 Å². The first-order valence-electron chi connectivity index (χ1n) is 14.8. The number of amides is 2. The highest BCUT2D eigenvalue weighted by atomic mass is 19.4. The van der Waals surface area contributed by atoms with Crippen molar-refractivity contribution in [1.29, 1.82) is 0 Å². The summed E-state index contributed by atoms with van der Waals surface area (Å²) in [6.45, 7) is 0.655. The standard InChI is InChI=1S/C29H29F17N2O3/c1-15(22(30,31)23(32,33)24(34,35)25(36,37)26(38,39)27(40,41)28(42,43)29(44,45)46)21(2,3)51-20(50)47-11-9-17(10-12-47)19(49)48-13-8-16-6-4-5-7-18(16)14-48/h4-7,15,17H,8-14H2,1-3H3. The number of halogens is 17. The Labute approximate surface area is 278 Å². The molecule has 0 N–H and O–H groups in total. The highest BCUT2D eigenvalue weighted by Crippen LogP contribution is 2.65. The number of hydrogen-bond donors (Lipinski definition) is 0. The van der Waals surface area contributed by atoms with E-state index in [9.17, 15) is 84.2 Å². The van der Waals surface area contributed by atoms with Gasteiger partial charge in [0.25, 0.3) is 0 Å². The molecule has 2 aliphatic rings. The molecule has 1 atom stereocenters. The molecule has 51 heavy (non-hydrogen) atoms. The van der Waals surface area contributed by atoms with Gasteiger partial charge in [-0.25, -0.2) is 4.79 Å². The zero-order chi connectivity index (χ0) is 39.6. The van der Waals surface area contributed by atoms with Gasteiger partial charge in [0.15, 0.2) is 0 Å². The smallest absolute Gasteiger partial charge is 0.443 e. The topological polar surface area (TPSA) is 49.9 Å². The summed E-state index contributed by atoms with van der Waals surface area (Å²) < 4.78 is 238.